The van der Waals surface area contributed by atoms with Gasteiger partial charge in [0.05, 0.1) is 40.9 Å². The fourth-order valence-electron chi connectivity index (χ4n) is 5.18. The molecule has 3 aromatic rings. The molecule has 2 amide bonds. The molecular formula is C26H31N7O4S. The summed E-state index contributed by atoms with van der Waals surface area (Å²) >= 11 is 1.44. The van der Waals surface area contributed by atoms with Crippen LogP contribution in [0.15, 0.2) is 24.3 Å². The fourth-order valence-corrected chi connectivity index (χ4v) is 6.08. The summed E-state index contributed by atoms with van der Waals surface area (Å²) in [6, 6.07) is 7.61. The summed E-state index contributed by atoms with van der Waals surface area (Å²) in [5, 5.41) is 17.4. The van der Waals surface area contributed by atoms with E-state index in [1.165, 1.54) is 16.2 Å². The molecule has 200 valence electrons. The van der Waals surface area contributed by atoms with Crippen molar-refractivity contribution in [3.8, 4) is 0 Å². The summed E-state index contributed by atoms with van der Waals surface area (Å²) in [5.41, 5.74) is 2.26. The molecule has 38 heavy (non-hydrogen) atoms. The first kappa shape index (κ1) is 25.1. The summed E-state index contributed by atoms with van der Waals surface area (Å²) in [6.45, 7) is 3.85. The highest BCUT2D eigenvalue weighted by molar-refractivity contribution is 7.22. The van der Waals surface area contributed by atoms with E-state index in [0.717, 1.165) is 54.7 Å². The number of hydrogen-bond acceptors (Lipinski definition) is 11. The molecule has 1 aromatic carbocycles. The van der Waals surface area contributed by atoms with Crippen molar-refractivity contribution in [3.05, 3.63) is 30.0 Å². The largest absolute Gasteiger partial charge is 0.393 e. The zero-order valence-electron chi connectivity index (χ0n) is 21.1. The number of aliphatic hydroxyl groups excluding tert-OH is 1. The molecule has 12 heteroatoms. The second-order valence-corrected chi connectivity index (χ2v) is 11.1. The molecule has 6 rings (SSSR count). The van der Waals surface area contributed by atoms with Crippen LogP contribution in [0, 0.1) is 0 Å². The molecule has 3 aliphatic rings. The van der Waals surface area contributed by atoms with Gasteiger partial charge in [-0.3, -0.25) is 19.4 Å². The van der Waals surface area contributed by atoms with Crippen LogP contribution in [0.1, 0.15) is 44.2 Å². The van der Waals surface area contributed by atoms with Gasteiger partial charge >= 0.3 is 0 Å². The molecule has 0 radical (unpaired) electrons. The number of carbonyl (C=O) groups excluding carboxylic acids is 2. The smallest absolute Gasteiger partial charge is 0.234 e. The molecular weight excluding hydrogens is 506 g/mol. The average Bonchev–Trinajstić information content (AvgIpc) is 3.46. The fraction of sp³-hybridized carbons (Fsp3) is 0.500. The number of carbonyl (C=O) groups is 2. The molecule has 4 heterocycles. The molecule has 1 aliphatic carbocycles. The number of nitrogens with zero attached hydrogens (tertiary/aromatic N) is 5. The molecule has 3 fully saturated rings. The minimum Gasteiger partial charge on any atom is -0.393 e. The average molecular weight is 538 g/mol. The molecule has 11 nitrogen and oxygen atoms in total. The maximum Gasteiger partial charge on any atom is 0.234 e. The number of aromatic nitrogens is 3. The van der Waals surface area contributed by atoms with Crippen molar-refractivity contribution in [3.63, 3.8) is 0 Å². The number of ether oxygens (including phenoxy) is 1. The van der Waals surface area contributed by atoms with Gasteiger partial charge in [0.15, 0.2) is 5.13 Å². The third kappa shape index (κ3) is 5.63. The summed E-state index contributed by atoms with van der Waals surface area (Å²) in [4.78, 5) is 42.2. The Labute approximate surface area is 224 Å². The van der Waals surface area contributed by atoms with Crippen LogP contribution in [0.25, 0.3) is 10.2 Å². The normalized spacial score (nSPS) is 22.8. The standard InChI is InChI=1S/C26H31N7O4S/c34-19-4-1-16(2-5-19)27-25-28-17(15-32-9-11-37-12-10-32)13-22(30-25)31-26-29-20-6-3-18(14-21(20)38-26)33-23(35)7-8-24(33)36/h3,6,13-14,16,19,34H,1-2,4-5,7-12,15H2,(H2,27,28,29,30,31)/t16-,19-. The van der Waals surface area contributed by atoms with Gasteiger partial charge in [0, 0.05) is 44.6 Å². The van der Waals surface area contributed by atoms with E-state index in [4.69, 9.17) is 19.7 Å². The van der Waals surface area contributed by atoms with Crippen LogP contribution in [0.2, 0.25) is 0 Å². The summed E-state index contributed by atoms with van der Waals surface area (Å²) in [7, 11) is 0. The van der Waals surface area contributed by atoms with E-state index in [0.29, 0.717) is 42.3 Å². The van der Waals surface area contributed by atoms with Crippen molar-refractivity contribution in [2.45, 2.75) is 57.2 Å². The second-order valence-electron chi connectivity index (χ2n) is 10.0. The number of rotatable bonds is 7. The Balaban J connectivity index is 1.24. The Hall–Kier alpha value is -3.19. The predicted octanol–water partition coefficient (Wildman–Crippen LogP) is 3.03. The van der Waals surface area contributed by atoms with Crippen molar-refractivity contribution in [2.24, 2.45) is 0 Å². The van der Waals surface area contributed by atoms with E-state index < -0.39 is 0 Å². The van der Waals surface area contributed by atoms with Gasteiger partial charge in [0.1, 0.15) is 5.82 Å². The Bertz CT molecular complexity index is 1320. The highest BCUT2D eigenvalue weighted by atomic mass is 32.1. The van der Waals surface area contributed by atoms with Crippen molar-refractivity contribution >= 4 is 56.0 Å². The van der Waals surface area contributed by atoms with Crippen LogP contribution < -0.4 is 15.5 Å². The van der Waals surface area contributed by atoms with E-state index in [1.807, 2.05) is 18.2 Å². The number of fused-ring (bicyclic) bond motifs is 1. The Kier molecular flexibility index (Phi) is 7.20. The number of aliphatic hydroxyl groups is 1. The first-order valence-corrected chi connectivity index (χ1v) is 14.0. The van der Waals surface area contributed by atoms with Gasteiger partial charge < -0.3 is 20.5 Å². The van der Waals surface area contributed by atoms with Crippen LogP contribution in [-0.4, -0.2) is 75.2 Å². The van der Waals surface area contributed by atoms with E-state index in [1.54, 1.807) is 6.07 Å². The number of morpholine rings is 1. The van der Waals surface area contributed by atoms with Gasteiger partial charge in [-0.2, -0.15) is 4.98 Å². The molecule has 1 saturated carbocycles. The zero-order chi connectivity index (χ0) is 26.1. The van der Waals surface area contributed by atoms with Gasteiger partial charge in [-0.15, -0.1) is 0 Å². The summed E-state index contributed by atoms with van der Waals surface area (Å²) in [6.07, 6.45) is 3.60. The lowest BCUT2D eigenvalue weighted by atomic mass is 9.93. The second kappa shape index (κ2) is 10.9. The molecule has 0 spiro atoms. The topological polar surface area (TPSA) is 133 Å². The number of benzene rings is 1. The lowest BCUT2D eigenvalue weighted by Gasteiger charge is -2.27. The van der Waals surface area contributed by atoms with Gasteiger partial charge in [0.2, 0.25) is 17.8 Å². The highest BCUT2D eigenvalue weighted by Crippen LogP contribution is 2.33. The number of anilines is 4. The third-order valence-electron chi connectivity index (χ3n) is 7.22. The van der Waals surface area contributed by atoms with E-state index in [2.05, 4.69) is 15.5 Å². The van der Waals surface area contributed by atoms with Gasteiger partial charge in [0.25, 0.3) is 0 Å². The molecule has 0 unspecified atom stereocenters. The van der Waals surface area contributed by atoms with Crippen molar-refractivity contribution in [1.82, 2.24) is 19.9 Å². The molecule has 0 atom stereocenters. The Morgan fingerprint density at radius 2 is 1.76 bits per heavy atom. The zero-order valence-corrected chi connectivity index (χ0v) is 21.9. The van der Waals surface area contributed by atoms with E-state index in [9.17, 15) is 14.7 Å². The first-order valence-electron chi connectivity index (χ1n) is 13.2. The molecule has 2 aliphatic heterocycles. The minimum absolute atomic E-state index is 0.168. The van der Waals surface area contributed by atoms with Gasteiger partial charge in [-0.05, 0) is 43.9 Å². The van der Waals surface area contributed by atoms with E-state index >= 15 is 0 Å². The minimum atomic E-state index is -0.222. The van der Waals surface area contributed by atoms with Crippen LogP contribution in [0.4, 0.5) is 22.6 Å². The van der Waals surface area contributed by atoms with Crippen LogP contribution in [-0.2, 0) is 20.9 Å². The number of amides is 2. The number of thiazole rings is 1. The molecule has 2 saturated heterocycles. The van der Waals surface area contributed by atoms with Crippen molar-refractivity contribution < 1.29 is 19.4 Å². The molecule has 2 aromatic heterocycles. The number of imide groups is 1. The van der Waals surface area contributed by atoms with Crippen molar-refractivity contribution in [1.29, 1.82) is 0 Å². The lowest BCUT2D eigenvalue weighted by Crippen LogP contribution is -2.36. The van der Waals surface area contributed by atoms with E-state index in [-0.39, 0.29) is 36.8 Å². The van der Waals surface area contributed by atoms with Gasteiger partial charge in [-0.25, -0.2) is 9.97 Å². The quantitative estimate of drug-likeness (QED) is 0.386. The van der Waals surface area contributed by atoms with Crippen LogP contribution in [0.5, 0.6) is 0 Å². The SMILES string of the molecule is O=C1CCC(=O)N1c1ccc2nc(Nc3cc(CN4CCOCC4)nc(N[C@H]4CC[C@H](O)CC4)n3)sc2c1. The summed E-state index contributed by atoms with van der Waals surface area (Å²) < 4.78 is 6.36. The number of nitrogens with one attached hydrogen (secondary N) is 2. The van der Waals surface area contributed by atoms with Gasteiger partial charge in [-0.1, -0.05) is 11.3 Å². The first-order chi connectivity index (χ1) is 18.5. The molecule has 0 bridgehead atoms. The van der Waals surface area contributed by atoms with Crippen molar-refractivity contribution in [2.75, 3.05) is 41.8 Å². The lowest BCUT2D eigenvalue weighted by molar-refractivity contribution is -0.121. The maximum atomic E-state index is 12.2. The third-order valence-corrected chi connectivity index (χ3v) is 8.15. The summed E-state index contributed by atoms with van der Waals surface area (Å²) in [5.74, 6) is 0.872. The predicted molar refractivity (Wildman–Crippen MR) is 145 cm³/mol. The molecule has 3 N–H and O–H groups in total. The number of hydrogen-bond donors (Lipinski definition) is 3. The Morgan fingerprint density at radius 3 is 2.53 bits per heavy atom. The van der Waals surface area contributed by atoms with Crippen LogP contribution >= 0.6 is 11.3 Å². The van der Waals surface area contributed by atoms with Crippen LogP contribution in [0.3, 0.4) is 0 Å². The monoisotopic (exact) mass is 537 g/mol. The maximum absolute atomic E-state index is 12.2. The highest BCUT2D eigenvalue weighted by Gasteiger charge is 2.30. The Morgan fingerprint density at radius 1 is 1.00 bits per heavy atom.